The molecule has 9 nitrogen and oxygen atoms in total. The minimum absolute atomic E-state index is 0.151. The van der Waals surface area contributed by atoms with E-state index < -0.39 is 0 Å². The van der Waals surface area contributed by atoms with Gasteiger partial charge >= 0.3 is 5.97 Å². The van der Waals surface area contributed by atoms with Crippen molar-refractivity contribution in [2.45, 2.75) is 72.6 Å². The summed E-state index contributed by atoms with van der Waals surface area (Å²) < 4.78 is 9.41. The van der Waals surface area contributed by atoms with Crippen LogP contribution in [-0.4, -0.2) is 79.1 Å². The van der Waals surface area contributed by atoms with Crippen LogP contribution in [0.15, 0.2) is 49.1 Å². The van der Waals surface area contributed by atoms with Gasteiger partial charge in [-0.1, -0.05) is 38.1 Å². The van der Waals surface area contributed by atoms with Gasteiger partial charge in [0.2, 0.25) is 0 Å². The second-order valence-electron chi connectivity index (χ2n) is 10.9. The normalized spacial score (nSPS) is 11.7. The van der Waals surface area contributed by atoms with Crippen LogP contribution in [0.4, 0.5) is 0 Å². The third-order valence-electron chi connectivity index (χ3n) is 7.34. The van der Waals surface area contributed by atoms with Gasteiger partial charge in [-0.25, -0.2) is 9.97 Å². The molecular weight excluding hydrogens is 514 g/mol. The van der Waals surface area contributed by atoms with Crippen molar-refractivity contribution in [2.75, 3.05) is 39.3 Å². The largest absolute Gasteiger partial charge is 0.465 e. The molecule has 0 saturated carbocycles. The number of carbonyl (C=O) groups is 1. The maximum absolute atomic E-state index is 12.3. The fourth-order valence-electron chi connectivity index (χ4n) is 5.17. The fraction of sp³-hybridized carbons (Fsp3) is 0.594. The van der Waals surface area contributed by atoms with E-state index in [4.69, 9.17) is 4.74 Å². The van der Waals surface area contributed by atoms with Gasteiger partial charge in [0.25, 0.3) is 0 Å². The lowest BCUT2D eigenvalue weighted by atomic mass is 10.1. The first-order chi connectivity index (χ1) is 19.9. The molecule has 9 heteroatoms. The Kier molecular flexibility index (Phi) is 14.1. The van der Waals surface area contributed by atoms with E-state index in [-0.39, 0.29) is 5.97 Å². The predicted octanol–water partition coefficient (Wildman–Crippen LogP) is 4.62. The smallest absolute Gasteiger partial charge is 0.320 e. The van der Waals surface area contributed by atoms with Crippen molar-refractivity contribution in [3.05, 3.63) is 71.8 Å². The first-order valence-corrected chi connectivity index (χ1v) is 15.2. The third-order valence-corrected chi connectivity index (χ3v) is 7.34. The van der Waals surface area contributed by atoms with Gasteiger partial charge < -0.3 is 18.8 Å². The number of imidazole rings is 2. The quantitative estimate of drug-likeness (QED) is 0.146. The Morgan fingerprint density at radius 3 is 1.63 bits per heavy atom. The molecule has 0 spiro atoms. The van der Waals surface area contributed by atoms with Crippen molar-refractivity contribution >= 4 is 5.97 Å². The summed E-state index contributed by atoms with van der Waals surface area (Å²) in [5, 5.41) is 0. The summed E-state index contributed by atoms with van der Waals surface area (Å²) in [6, 6.07) is 8.79. The summed E-state index contributed by atoms with van der Waals surface area (Å²) >= 11 is 0. The molecule has 2 heterocycles. The molecule has 0 unspecified atom stereocenters. The van der Waals surface area contributed by atoms with Crippen molar-refractivity contribution in [2.24, 2.45) is 14.1 Å². The number of aromatic nitrogens is 4. The van der Waals surface area contributed by atoms with Crippen LogP contribution in [0, 0.1) is 0 Å². The molecule has 0 fully saturated rings. The van der Waals surface area contributed by atoms with Gasteiger partial charge in [-0.05, 0) is 69.9 Å². The molecule has 0 atom stereocenters. The highest BCUT2D eigenvalue weighted by molar-refractivity contribution is 5.71. The molecule has 0 amide bonds. The lowest BCUT2D eigenvalue weighted by Gasteiger charge is -2.24. The standard InChI is InChI=1S/C32H51N7O2/c1-6-17-37(18-7-2)19-9-10-20-38(27-32(40)41-8-3)23-28-11-13-29(14-12-28)24-39(25-30-33-15-21-35(30)4)26-31-34-16-22-36(31)5/h11-16,21-22H,6-10,17-20,23-27H2,1-5H3. The number of esters is 1. The van der Waals surface area contributed by atoms with E-state index in [1.807, 2.05) is 45.8 Å². The van der Waals surface area contributed by atoms with E-state index in [1.165, 1.54) is 24.0 Å². The zero-order valence-electron chi connectivity index (χ0n) is 26.0. The second kappa shape index (κ2) is 17.7. The number of hydrogen-bond donors (Lipinski definition) is 0. The molecule has 0 aliphatic rings. The third kappa shape index (κ3) is 11.4. The number of benzene rings is 1. The summed E-state index contributed by atoms with van der Waals surface area (Å²) in [6.07, 6.45) is 12.2. The van der Waals surface area contributed by atoms with Crippen molar-refractivity contribution in [3.63, 3.8) is 0 Å². The highest BCUT2D eigenvalue weighted by atomic mass is 16.5. The van der Waals surface area contributed by atoms with Crippen LogP contribution in [-0.2, 0) is 49.8 Å². The van der Waals surface area contributed by atoms with Gasteiger partial charge in [-0.2, -0.15) is 0 Å². The minimum atomic E-state index is -0.151. The highest BCUT2D eigenvalue weighted by Gasteiger charge is 2.15. The molecule has 41 heavy (non-hydrogen) atoms. The molecule has 0 bridgehead atoms. The van der Waals surface area contributed by atoms with E-state index >= 15 is 0 Å². The monoisotopic (exact) mass is 565 g/mol. The molecule has 0 radical (unpaired) electrons. The maximum atomic E-state index is 12.3. The van der Waals surface area contributed by atoms with Gasteiger partial charge in [0.1, 0.15) is 11.6 Å². The Bertz CT molecular complexity index is 1090. The van der Waals surface area contributed by atoms with E-state index in [0.717, 1.165) is 76.8 Å². The molecule has 1 aromatic carbocycles. The molecular formula is C32H51N7O2. The molecule has 0 N–H and O–H groups in total. The average Bonchev–Trinajstić information content (AvgIpc) is 3.54. The van der Waals surface area contributed by atoms with Crippen LogP contribution < -0.4 is 0 Å². The molecule has 226 valence electrons. The highest BCUT2D eigenvalue weighted by Crippen LogP contribution is 2.15. The second-order valence-corrected chi connectivity index (χ2v) is 10.9. The lowest BCUT2D eigenvalue weighted by molar-refractivity contribution is -0.144. The molecule has 0 saturated heterocycles. The first-order valence-electron chi connectivity index (χ1n) is 15.2. The van der Waals surface area contributed by atoms with Gasteiger partial charge in [0, 0.05) is 52.0 Å². The summed E-state index contributed by atoms with van der Waals surface area (Å²) in [5.41, 5.74) is 2.44. The van der Waals surface area contributed by atoms with Crippen LogP contribution in [0.25, 0.3) is 0 Å². The number of nitrogens with zero attached hydrogens (tertiary/aromatic N) is 7. The van der Waals surface area contributed by atoms with Gasteiger partial charge in [0.05, 0.1) is 26.2 Å². The Morgan fingerprint density at radius 2 is 1.20 bits per heavy atom. The Morgan fingerprint density at radius 1 is 0.707 bits per heavy atom. The molecule has 3 rings (SSSR count). The van der Waals surface area contributed by atoms with Crippen molar-refractivity contribution in [1.82, 2.24) is 33.8 Å². The van der Waals surface area contributed by atoms with Crippen molar-refractivity contribution in [3.8, 4) is 0 Å². The van der Waals surface area contributed by atoms with Crippen LogP contribution in [0.5, 0.6) is 0 Å². The average molecular weight is 566 g/mol. The Labute approximate surface area is 247 Å². The number of unbranched alkanes of at least 4 members (excludes halogenated alkanes) is 1. The lowest BCUT2D eigenvalue weighted by Crippen LogP contribution is -2.32. The number of ether oxygens (including phenoxy) is 1. The van der Waals surface area contributed by atoms with Crippen LogP contribution in [0.3, 0.4) is 0 Å². The zero-order chi connectivity index (χ0) is 29.5. The Balaban J connectivity index is 1.61. The summed E-state index contributed by atoms with van der Waals surface area (Å²) in [7, 11) is 4.06. The summed E-state index contributed by atoms with van der Waals surface area (Å²) in [6.45, 7) is 14.4. The molecule has 2 aromatic heterocycles. The van der Waals surface area contributed by atoms with Crippen molar-refractivity contribution < 1.29 is 9.53 Å². The zero-order valence-corrected chi connectivity index (χ0v) is 26.0. The van der Waals surface area contributed by atoms with Gasteiger partial charge in [0.15, 0.2) is 0 Å². The number of rotatable bonds is 20. The predicted molar refractivity (Wildman–Crippen MR) is 164 cm³/mol. The maximum Gasteiger partial charge on any atom is 0.320 e. The minimum Gasteiger partial charge on any atom is -0.465 e. The summed E-state index contributed by atoms with van der Waals surface area (Å²) in [4.78, 5) is 28.6. The van der Waals surface area contributed by atoms with E-state index in [2.05, 4.69) is 71.9 Å². The van der Waals surface area contributed by atoms with Crippen LogP contribution in [0.2, 0.25) is 0 Å². The van der Waals surface area contributed by atoms with Gasteiger partial charge in [-0.3, -0.25) is 14.6 Å². The van der Waals surface area contributed by atoms with E-state index in [1.54, 1.807) is 0 Å². The molecule has 0 aliphatic heterocycles. The van der Waals surface area contributed by atoms with E-state index in [0.29, 0.717) is 13.2 Å². The fourth-order valence-corrected chi connectivity index (χ4v) is 5.17. The molecule has 0 aliphatic carbocycles. The number of aryl methyl sites for hydroxylation is 2. The van der Waals surface area contributed by atoms with Crippen LogP contribution in [0.1, 0.15) is 69.2 Å². The number of carbonyl (C=O) groups excluding carboxylic acids is 1. The molecule has 3 aromatic rings. The van der Waals surface area contributed by atoms with Crippen LogP contribution >= 0.6 is 0 Å². The summed E-state index contributed by atoms with van der Waals surface area (Å²) in [5.74, 6) is 1.90. The Hall–Kier alpha value is -3.01. The van der Waals surface area contributed by atoms with Crippen molar-refractivity contribution in [1.29, 1.82) is 0 Å². The number of hydrogen-bond acceptors (Lipinski definition) is 7. The SMILES string of the molecule is CCCN(CCC)CCCCN(CC(=O)OCC)Cc1ccc(CN(Cc2nccn2C)Cc2nccn2C)cc1. The van der Waals surface area contributed by atoms with E-state index in [9.17, 15) is 4.79 Å². The van der Waals surface area contributed by atoms with Gasteiger partial charge in [-0.15, -0.1) is 0 Å². The first kappa shape index (κ1) is 32.5. The topological polar surface area (TPSA) is 71.7 Å².